The summed E-state index contributed by atoms with van der Waals surface area (Å²) < 4.78 is 12.5. The summed E-state index contributed by atoms with van der Waals surface area (Å²) in [6.07, 6.45) is 0. The molecule has 2 fully saturated rings. The van der Waals surface area contributed by atoms with Crippen LogP contribution in [0.4, 0.5) is 10.3 Å². The van der Waals surface area contributed by atoms with Gasteiger partial charge < -0.3 is 9.47 Å². The molecule has 2 amide bonds. The van der Waals surface area contributed by atoms with E-state index in [-0.39, 0.29) is 22.6 Å². The van der Waals surface area contributed by atoms with E-state index in [1.54, 1.807) is 47.5 Å². The fraction of sp³-hybridized carbons (Fsp3) is 0.214. The minimum absolute atomic E-state index is 0.0433. The number of ether oxygens (including phenoxy) is 2. The third-order valence-electron chi connectivity index (χ3n) is 6.83. The number of carbonyl (C=O) groups excluding carboxylic acids is 2. The van der Waals surface area contributed by atoms with E-state index in [9.17, 15) is 9.59 Å². The minimum Gasteiger partial charge on any atom is -0.497 e. The molecule has 2 atom stereocenters. The SMILES string of the molecule is COc1ccc(C2SCC(=O)N2c2nc3cc4sc(N5C(=O)CSC5c5ccc(OC)cc5)nc4cc3s2)cc1. The lowest BCUT2D eigenvalue weighted by Gasteiger charge is -2.21. The second kappa shape index (κ2) is 10.3. The molecule has 2 aromatic heterocycles. The normalized spacial score (nSPS) is 19.4. The van der Waals surface area contributed by atoms with Gasteiger partial charge in [-0.2, -0.15) is 0 Å². The molecule has 12 heteroatoms. The second-order valence-corrected chi connectivity index (χ2v) is 13.3. The first kappa shape index (κ1) is 25.6. The van der Waals surface area contributed by atoms with Gasteiger partial charge in [-0.1, -0.05) is 46.9 Å². The average Bonchev–Trinajstić information content (AvgIpc) is 3.76. The molecule has 0 radical (unpaired) electrons. The van der Waals surface area contributed by atoms with E-state index in [0.29, 0.717) is 21.8 Å². The summed E-state index contributed by atoms with van der Waals surface area (Å²) in [5.41, 5.74) is 3.69. The summed E-state index contributed by atoms with van der Waals surface area (Å²) in [6, 6.07) is 19.6. The Kier molecular flexibility index (Phi) is 6.57. The van der Waals surface area contributed by atoms with E-state index in [4.69, 9.17) is 19.4 Å². The number of anilines is 2. The maximum Gasteiger partial charge on any atom is 0.240 e. The Hall–Kier alpha value is -3.32. The number of hydrogen-bond donors (Lipinski definition) is 0. The van der Waals surface area contributed by atoms with Crippen LogP contribution in [0.2, 0.25) is 0 Å². The molecule has 5 aromatic rings. The summed E-state index contributed by atoms with van der Waals surface area (Å²) in [7, 11) is 3.28. The van der Waals surface area contributed by atoms with Crippen molar-refractivity contribution in [3.63, 3.8) is 0 Å². The first-order chi connectivity index (χ1) is 19.5. The largest absolute Gasteiger partial charge is 0.497 e. The number of fused-ring (bicyclic) bond motifs is 2. The number of carbonyl (C=O) groups is 2. The highest BCUT2D eigenvalue weighted by Crippen LogP contribution is 2.47. The van der Waals surface area contributed by atoms with Crippen molar-refractivity contribution in [2.75, 3.05) is 35.5 Å². The van der Waals surface area contributed by atoms with Crippen molar-refractivity contribution >= 4 is 88.7 Å². The van der Waals surface area contributed by atoms with Gasteiger partial charge in [-0.15, -0.1) is 23.5 Å². The standard InChI is InChI=1S/C28H22N4O4S4/c1-35-17-7-3-15(4-8-17)25-31(23(33)13-37-25)27-29-19-11-22-20(12-21(19)39-27)30-28(40-22)32-24(34)14-38-26(32)16-5-9-18(36-2)10-6-16/h3-12,25-26H,13-14H2,1-2H3. The highest BCUT2D eigenvalue weighted by atomic mass is 32.2. The number of benzene rings is 3. The van der Waals surface area contributed by atoms with Gasteiger partial charge >= 0.3 is 0 Å². The minimum atomic E-state index is -0.140. The molecule has 7 rings (SSSR count). The van der Waals surface area contributed by atoms with Gasteiger partial charge in [0.05, 0.1) is 46.2 Å². The van der Waals surface area contributed by atoms with Crippen molar-refractivity contribution in [2.24, 2.45) is 0 Å². The van der Waals surface area contributed by atoms with Crippen LogP contribution in [-0.2, 0) is 9.59 Å². The van der Waals surface area contributed by atoms with Gasteiger partial charge in [-0.05, 0) is 47.5 Å². The zero-order valence-electron chi connectivity index (χ0n) is 21.4. The van der Waals surface area contributed by atoms with Crippen LogP contribution in [0.1, 0.15) is 21.9 Å². The van der Waals surface area contributed by atoms with Crippen LogP contribution >= 0.6 is 46.2 Å². The topological polar surface area (TPSA) is 84.9 Å². The third kappa shape index (κ3) is 4.39. The van der Waals surface area contributed by atoms with Gasteiger partial charge in [0.2, 0.25) is 11.8 Å². The van der Waals surface area contributed by atoms with E-state index in [2.05, 4.69) is 0 Å². The summed E-state index contributed by atoms with van der Waals surface area (Å²) >= 11 is 6.17. The molecule has 2 aliphatic heterocycles. The first-order valence-corrected chi connectivity index (χ1v) is 16.1. The molecule has 0 N–H and O–H groups in total. The van der Waals surface area contributed by atoms with E-state index in [1.165, 1.54) is 22.7 Å². The summed E-state index contributed by atoms with van der Waals surface area (Å²) in [4.78, 5) is 39.2. The Morgan fingerprint density at radius 1 is 0.675 bits per heavy atom. The van der Waals surface area contributed by atoms with Crippen LogP contribution in [-0.4, -0.2) is 47.5 Å². The van der Waals surface area contributed by atoms with Crippen molar-refractivity contribution in [1.29, 1.82) is 0 Å². The van der Waals surface area contributed by atoms with Crippen LogP contribution in [0.5, 0.6) is 11.5 Å². The van der Waals surface area contributed by atoms with Crippen LogP contribution < -0.4 is 19.3 Å². The predicted octanol–water partition coefficient (Wildman–Crippen LogP) is 6.48. The molecular formula is C28H22N4O4S4. The molecule has 3 aromatic carbocycles. The van der Waals surface area contributed by atoms with Gasteiger partial charge in [0.1, 0.15) is 22.2 Å². The number of rotatable bonds is 6. The summed E-state index contributed by atoms with van der Waals surface area (Å²) in [6.45, 7) is 0. The van der Waals surface area contributed by atoms with Crippen LogP contribution in [0.25, 0.3) is 20.4 Å². The molecule has 4 heterocycles. The number of hydrogen-bond acceptors (Lipinski definition) is 10. The zero-order valence-corrected chi connectivity index (χ0v) is 24.7. The van der Waals surface area contributed by atoms with Crippen LogP contribution in [0.3, 0.4) is 0 Å². The van der Waals surface area contributed by atoms with Gasteiger partial charge in [0.15, 0.2) is 10.3 Å². The molecule has 0 aliphatic carbocycles. The van der Waals surface area contributed by atoms with E-state index < -0.39 is 0 Å². The molecule has 40 heavy (non-hydrogen) atoms. The highest BCUT2D eigenvalue weighted by Gasteiger charge is 2.37. The predicted molar refractivity (Wildman–Crippen MR) is 164 cm³/mol. The number of thiazole rings is 2. The van der Waals surface area contributed by atoms with E-state index in [1.807, 2.05) is 60.7 Å². The van der Waals surface area contributed by atoms with Crippen LogP contribution in [0.15, 0.2) is 60.7 Å². The molecule has 2 saturated heterocycles. The lowest BCUT2D eigenvalue weighted by atomic mass is 10.2. The first-order valence-electron chi connectivity index (χ1n) is 12.4. The molecule has 2 aliphatic rings. The number of methoxy groups -OCH3 is 2. The third-order valence-corrected chi connectivity index (χ3v) is 11.3. The Morgan fingerprint density at radius 3 is 1.45 bits per heavy atom. The van der Waals surface area contributed by atoms with Gasteiger partial charge in [0, 0.05) is 0 Å². The summed E-state index contributed by atoms with van der Waals surface area (Å²) in [5, 5.41) is 1.07. The van der Waals surface area contributed by atoms with Crippen LogP contribution in [0, 0.1) is 0 Å². The number of aromatic nitrogens is 2. The second-order valence-electron chi connectivity index (χ2n) is 9.18. The molecule has 0 spiro atoms. The van der Waals surface area contributed by atoms with Crippen molar-refractivity contribution in [2.45, 2.75) is 10.7 Å². The van der Waals surface area contributed by atoms with Crippen molar-refractivity contribution in [1.82, 2.24) is 9.97 Å². The maximum atomic E-state index is 12.9. The molecule has 0 bridgehead atoms. The quantitative estimate of drug-likeness (QED) is 0.217. The lowest BCUT2D eigenvalue weighted by Crippen LogP contribution is -2.27. The Morgan fingerprint density at radius 2 is 1.07 bits per heavy atom. The molecule has 8 nitrogen and oxygen atoms in total. The summed E-state index contributed by atoms with van der Waals surface area (Å²) in [5.74, 6) is 2.46. The smallest absolute Gasteiger partial charge is 0.240 e. The fourth-order valence-corrected chi connectivity index (χ4v) is 9.32. The zero-order chi connectivity index (χ0) is 27.4. The fourth-order valence-electron chi connectivity index (χ4n) is 4.82. The Balaban J connectivity index is 1.21. The number of thioether (sulfide) groups is 2. The molecule has 2 unspecified atom stereocenters. The lowest BCUT2D eigenvalue weighted by molar-refractivity contribution is -0.116. The van der Waals surface area contributed by atoms with Gasteiger partial charge in [-0.25, -0.2) is 9.97 Å². The van der Waals surface area contributed by atoms with Gasteiger partial charge in [-0.3, -0.25) is 19.4 Å². The van der Waals surface area contributed by atoms with Crippen molar-refractivity contribution in [3.05, 3.63) is 71.8 Å². The highest BCUT2D eigenvalue weighted by molar-refractivity contribution is 8.01. The van der Waals surface area contributed by atoms with Crippen molar-refractivity contribution in [3.8, 4) is 11.5 Å². The Bertz CT molecular complexity index is 1580. The molecular weight excluding hydrogens is 585 g/mol. The molecule has 202 valence electrons. The van der Waals surface area contributed by atoms with Crippen molar-refractivity contribution < 1.29 is 19.1 Å². The average molecular weight is 607 g/mol. The number of amides is 2. The van der Waals surface area contributed by atoms with Gasteiger partial charge in [0.25, 0.3) is 0 Å². The molecule has 0 saturated carbocycles. The van der Waals surface area contributed by atoms with E-state index >= 15 is 0 Å². The number of nitrogens with zero attached hydrogens (tertiary/aromatic N) is 4. The maximum absolute atomic E-state index is 12.9. The Labute approximate surface area is 246 Å². The monoisotopic (exact) mass is 606 g/mol. The van der Waals surface area contributed by atoms with E-state index in [0.717, 1.165) is 43.1 Å².